The van der Waals surface area contributed by atoms with Crippen LogP contribution in [0.3, 0.4) is 0 Å². The molecule has 2 N–H and O–H groups in total. The molecule has 0 aliphatic rings. The summed E-state index contributed by atoms with van der Waals surface area (Å²) in [6.45, 7) is 0. The fraction of sp³-hybridized carbons (Fsp3) is 0. The van der Waals surface area contributed by atoms with Gasteiger partial charge in [0.15, 0.2) is 5.82 Å². The summed E-state index contributed by atoms with van der Waals surface area (Å²) >= 11 is 3.09. The molecular formula is C8H5BrFN3O. The minimum absolute atomic E-state index is 0.117. The third-order valence-electron chi connectivity index (χ3n) is 1.66. The lowest BCUT2D eigenvalue weighted by atomic mass is 10.2. The second kappa shape index (κ2) is 3.38. The summed E-state index contributed by atoms with van der Waals surface area (Å²) in [5, 5.41) is 4.84. The normalized spacial score (nSPS) is 10.4. The number of aromatic nitrogens is 3. The van der Waals surface area contributed by atoms with Crippen molar-refractivity contribution in [2.75, 3.05) is 0 Å². The van der Waals surface area contributed by atoms with Crippen LogP contribution in [-0.4, -0.2) is 15.2 Å². The molecule has 2 rings (SSSR count). The van der Waals surface area contributed by atoms with E-state index in [9.17, 15) is 9.18 Å². The molecular weight excluding hydrogens is 253 g/mol. The zero-order chi connectivity index (χ0) is 10.1. The van der Waals surface area contributed by atoms with Crippen molar-refractivity contribution >= 4 is 15.9 Å². The predicted molar refractivity (Wildman–Crippen MR) is 52.3 cm³/mol. The lowest BCUT2D eigenvalue weighted by Crippen LogP contribution is -1.93. The molecule has 0 saturated carbocycles. The summed E-state index contributed by atoms with van der Waals surface area (Å²) in [6, 6.07) is 2.53. The topological polar surface area (TPSA) is 61.5 Å². The quantitative estimate of drug-likeness (QED) is 0.817. The van der Waals surface area contributed by atoms with Crippen molar-refractivity contribution in [1.82, 2.24) is 15.2 Å². The molecule has 14 heavy (non-hydrogen) atoms. The Balaban J connectivity index is 2.57. The van der Waals surface area contributed by atoms with Crippen LogP contribution in [0.1, 0.15) is 0 Å². The van der Waals surface area contributed by atoms with Gasteiger partial charge in [0.25, 0.3) is 5.56 Å². The second-order valence-corrected chi connectivity index (χ2v) is 3.57. The Bertz CT molecular complexity index is 519. The van der Waals surface area contributed by atoms with E-state index in [2.05, 4.69) is 31.1 Å². The molecule has 0 aliphatic heterocycles. The lowest BCUT2D eigenvalue weighted by molar-refractivity contribution is 0.624. The number of nitrogens with zero attached hydrogens (tertiary/aromatic N) is 1. The summed E-state index contributed by atoms with van der Waals surface area (Å²) in [5.74, 6) is -0.491. The minimum Gasteiger partial charge on any atom is -0.296 e. The maximum atomic E-state index is 13.3. The first-order chi connectivity index (χ1) is 6.66. The van der Waals surface area contributed by atoms with Gasteiger partial charge in [-0.15, -0.1) is 0 Å². The molecule has 0 fully saturated rings. The van der Waals surface area contributed by atoms with Gasteiger partial charge in [0.1, 0.15) is 5.69 Å². The summed E-state index contributed by atoms with van der Waals surface area (Å²) in [6.07, 6.45) is 1.46. The first-order valence-electron chi connectivity index (χ1n) is 3.76. The molecule has 0 amide bonds. The van der Waals surface area contributed by atoms with E-state index >= 15 is 0 Å². The fourth-order valence-corrected chi connectivity index (χ4v) is 1.38. The van der Waals surface area contributed by atoms with Crippen molar-refractivity contribution in [1.29, 1.82) is 0 Å². The van der Waals surface area contributed by atoms with Crippen LogP contribution in [-0.2, 0) is 0 Å². The van der Waals surface area contributed by atoms with E-state index in [1.807, 2.05) is 0 Å². The third-order valence-corrected chi connectivity index (χ3v) is 2.09. The Hall–Kier alpha value is -1.43. The Morgan fingerprint density at radius 1 is 1.36 bits per heavy atom. The second-order valence-electron chi connectivity index (χ2n) is 2.66. The van der Waals surface area contributed by atoms with Crippen molar-refractivity contribution in [3.05, 3.63) is 39.0 Å². The van der Waals surface area contributed by atoms with Gasteiger partial charge in [-0.1, -0.05) is 0 Å². The SMILES string of the molecule is O=c1cc(-c2ncc(Br)cc2F)[nH][nH]1. The smallest absolute Gasteiger partial charge is 0.264 e. The zero-order valence-electron chi connectivity index (χ0n) is 6.84. The molecule has 4 nitrogen and oxygen atoms in total. The molecule has 0 atom stereocenters. The Labute approximate surface area is 86.3 Å². The van der Waals surface area contributed by atoms with E-state index in [0.29, 0.717) is 10.2 Å². The van der Waals surface area contributed by atoms with E-state index in [1.54, 1.807) is 0 Å². The van der Waals surface area contributed by atoms with Gasteiger partial charge in [-0.3, -0.25) is 20.0 Å². The third kappa shape index (κ3) is 1.60. The summed E-state index contributed by atoms with van der Waals surface area (Å²) < 4.78 is 13.9. The summed E-state index contributed by atoms with van der Waals surface area (Å²) in [5.41, 5.74) is 0.135. The molecule has 72 valence electrons. The first-order valence-corrected chi connectivity index (χ1v) is 4.55. The Morgan fingerprint density at radius 3 is 2.71 bits per heavy atom. The van der Waals surface area contributed by atoms with E-state index in [-0.39, 0.29) is 11.3 Å². The molecule has 0 aliphatic carbocycles. The van der Waals surface area contributed by atoms with Gasteiger partial charge in [-0.2, -0.15) is 0 Å². The molecule has 0 saturated heterocycles. The number of aromatic amines is 2. The number of pyridine rings is 1. The zero-order valence-corrected chi connectivity index (χ0v) is 8.43. The summed E-state index contributed by atoms with van der Waals surface area (Å²) in [7, 11) is 0. The van der Waals surface area contributed by atoms with Crippen LogP contribution in [0, 0.1) is 5.82 Å². The standard InChI is InChI=1S/C8H5BrFN3O/c9-4-1-5(10)8(11-3-4)6-2-7(14)13-12-6/h1-3H,(H2,12,13,14). The first kappa shape index (κ1) is 9.14. The Kier molecular flexibility index (Phi) is 2.20. The molecule has 0 aromatic carbocycles. The molecule has 2 aromatic rings. The van der Waals surface area contributed by atoms with E-state index in [0.717, 1.165) is 0 Å². The van der Waals surface area contributed by atoms with Gasteiger partial charge in [-0.25, -0.2) is 4.39 Å². The van der Waals surface area contributed by atoms with Crippen molar-refractivity contribution in [3.8, 4) is 11.4 Å². The average Bonchev–Trinajstić information content (AvgIpc) is 2.51. The van der Waals surface area contributed by atoms with Gasteiger partial charge >= 0.3 is 0 Å². The van der Waals surface area contributed by atoms with Crippen LogP contribution in [0.25, 0.3) is 11.4 Å². The number of rotatable bonds is 1. The number of nitrogens with one attached hydrogen (secondary N) is 2. The van der Waals surface area contributed by atoms with Crippen molar-refractivity contribution in [3.63, 3.8) is 0 Å². The van der Waals surface area contributed by atoms with Gasteiger partial charge in [0.05, 0.1) is 5.69 Å². The highest BCUT2D eigenvalue weighted by atomic mass is 79.9. The molecule has 0 bridgehead atoms. The van der Waals surface area contributed by atoms with Crippen molar-refractivity contribution in [2.45, 2.75) is 0 Å². The summed E-state index contributed by atoms with van der Waals surface area (Å²) in [4.78, 5) is 14.6. The van der Waals surface area contributed by atoms with Gasteiger partial charge in [0, 0.05) is 16.7 Å². The molecule has 2 aromatic heterocycles. The van der Waals surface area contributed by atoms with Gasteiger partial charge in [-0.05, 0) is 22.0 Å². The number of hydrogen-bond acceptors (Lipinski definition) is 2. The number of halogens is 2. The van der Waals surface area contributed by atoms with Crippen molar-refractivity contribution < 1.29 is 4.39 Å². The molecule has 0 radical (unpaired) electrons. The van der Waals surface area contributed by atoms with Crippen LogP contribution >= 0.6 is 15.9 Å². The van der Waals surface area contributed by atoms with E-state index < -0.39 is 5.82 Å². The minimum atomic E-state index is -0.491. The van der Waals surface area contributed by atoms with Crippen LogP contribution in [0.2, 0.25) is 0 Å². The maximum absolute atomic E-state index is 13.3. The highest BCUT2D eigenvalue weighted by Crippen LogP contribution is 2.19. The van der Waals surface area contributed by atoms with Gasteiger partial charge in [0.2, 0.25) is 0 Å². The van der Waals surface area contributed by atoms with Crippen LogP contribution in [0.5, 0.6) is 0 Å². The fourth-order valence-electron chi connectivity index (χ4n) is 1.07. The lowest BCUT2D eigenvalue weighted by Gasteiger charge is -1.98. The van der Waals surface area contributed by atoms with Crippen LogP contribution in [0.15, 0.2) is 27.6 Å². The highest BCUT2D eigenvalue weighted by Gasteiger charge is 2.08. The van der Waals surface area contributed by atoms with E-state index in [4.69, 9.17) is 0 Å². The Morgan fingerprint density at radius 2 is 2.14 bits per heavy atom. The molecule has 2 heterocycles. The average molecular weight is 258 g/mol. The van der Waals surface area contributed by atoms with Gasteiger partial charge < -0.3 is 0 Å². The molecule has 0 spiro atoms. The molecule has 6 heteroatoms. The largest absolute Gasteiger partial charge is 0.296 e. The van der Waals surface area contributed by atoms with Crippen LogP contribution in [0.4, 0.5) is 4.39 Å². The number of H-pyrrole nitrogens is 2. The predicted octanol–water partition coefficient (Wildman–Crippen LogP) is 1.67. The monoisotopic (exact) mass is 257 g/mol. The van der Waals surface area contributed by atoms with Crippen LogP contribution < -0.4 is 5.56 Å². The molecule has 0 unspecified atom stereocenters. The highest BCUT2D eigenvalue weighted by molar-refractivity contribution is 9.10. The number of hydrogen-bond donors (Lipinski definition) is 2. The van der Waals surface area contributed by atoms with Crippen molar-refractivity contribution in [2.24, 2.45) is 0 Å². The maximum Gasteiger partial charge on any atom is 0.264 e. The van der Waals surface area contributed by atoms with E-state index in [1.165, 1.54) is 18.3 Å².